The zero-order valence-corrected chi connectivity index (χ0v) is 20.5. The van der Waals surface area contributed by atoms with Crippen LogP contribution in [0.2, 0.25) is 0 Å². The molecule has 2 aromatic heterocycles. The maximum Gasteiger partial charge on any atom is 0.261 e. The van der Waals surface area contributed by atoms with Crippen molar-refractivity contribution in [2.24, 2.45) is 16.7 Å². The van der Waals surface area contributed by atoms with Crippen molar-refractivity contribution < 1.29 is 9.53 Å². The number of hydrogen-bond donors (Lipinski definition) is 2. The maximum absolute atomic E-state index is 12.9. The third-order valence-electron chi connectivity index (χ3n) is 8.24. The summed E-state index contributed by atoms with van der Waals surface area (Å²) in [7, 11) is 0. The number of hydrogen-bond acceptors (Lipinski definition) is 4. The van der Waals surface area contributed by atoms with Gasteiger partial charge in [0.1, 0.15) is 0 Å². The molecule has 4 saturated carbocycles. The molecule has 0 radical (unpaired) electrons. The van der Waals surface area contributed by atoms with E-state index in [0.717, 1.165) is 39.9 Å². The van der Waals surface area contributed by atoms with Gasteiger partial charge in [0, 0.05) is 22.1 Å². The van der Waals surface area contributed by atoms with Gasteiger partial charge >= 0.3 is 0 Å². The van der Waals surface area contributed by atoms with E-state index in [4.69, 9.17) is 4.74 Å². The van der Waals surface area contributed by atoms with Gasteiger partial charge in [0.15, 0.2) is 0 Å². The van der Waals surface area contributed by atoms with Crippen LogP contribution in [-0.4, -0.2) is 29.6 Å². The van der Waals surface area contributed by atoms with Crippen LogP contribution in [-0.2, 0) is 4.74 Å². The van der Waals surface area contributed by atoms with Crippen molar-refractivity contribution >= 4 is 38.2 Å². The molecule has 0 aliphatic heterocycles. The summed E-state index contributed by atoms with van der Waals surface area (Å²) in [4.78, 5) is 28.9. The Morgan fingerprint density at radius 2 is 1.88 bits per heavy atom. The molecule has 4 bridgehead atoms. The maximum atomic E-state index is 12.9. The molecule has 174 valence electrons. The largest absolute Gasteiger partial charge is 0.373 e. The van der Waals surface area contributed by atoms with Crippen LogP contribution in [0.15, 0.2) is 29.1 Å². The SMILES string of the molecule is Cc1ccc2[nH]c(=O)c3cc(C(=O)NCCOC45CC6CC(C)(CC(C)(C6)C4)C5)sc3c2c1. The third-order valence-corrected chi connectivity index (χ3v) is 9.41. The summed E-state index contributed by atoms with van der Waals surface area (Å²) in [6.07, 6.45) is 7.53. The van der Waals surface area contributed by atoms with Crippen LogP contribution in [0, 0.1) is 23.7 Å². The number of aromatic nitrogens is 1. The summed E-state index contributed by atoms with van der Waals surface area (Å²) in [5.41, 5.74) is 2.61. The van der Waals surface area contributed by atoms with Crippen molar-refractivity contribution in [3.05, 3.63) is 45.1 Å². The van der Waals surface area contributed by atoms with Crippen LogP contribution in [0.3, 0.4) is 0 Å². The molecular formula is C27H32N2O3S. The van der Waals surface area contributed by atoms with Gasteiger partial charge in [-0.1, -0.05) is 25.5 Å². The highest BCUT2D eigenvalue weighted by Gasteiger charge is 2.60. The zero-order chi connectivity index (χ0) is 23.0. The number of thiophene rings is 1. The summed E-state index contributed by atoms with van der Waals surface area (Å²) in [5.74, 6) is 0.658. The molecule has 2 atom stereocenters. The molecule has 4 aliphatic carbocycles. The molecule has 2 heterocycles. The average Bonchev–Trinajstić information content (AvgIpc) is 3.16. The Morgan fingerprint density at radius 3 is 2.61 bits per heavy atom. The minimum atomic E-state index is -0.149. The number of fused-ring (bicyclic) bond motifs is 3. The van der Waals surface area contributed by atoms with E-state index in [1.807, 2.05) is 19.1 Å². The fourth-order valence-corrected chi connectivity index (χ4v) is 9.14. The Bertz CT molecular complexity index is 1320. The van der Waals surface area contributed by atoms with Crippen LogP contribution >= 0.6 is 11.3 Å². The highest BCUT2D eigenvalue weighted by molar-refractivity contribution is 7.21. The van der Waals surface area contributed by atoms with Crippen molar-refractivity contribution in [1.82, 2.24) is 10.3 Å². The summed E-state index contributed by atoms with van der Waals surface area (Å²) in [6.45, 7) is 7.96. The molecule has 4 aliphatic rings. The molecule has 1 amide bonds. The van der Waals surface area contributed by atoms with Gasteiger partial charge in [-0.3, -0.25) is 9.59 Å². The highest BCUT2D eigenvalue weighted by Crippen LogP contribution is 2.67. The molecule has 1 aromatic carbocycles. The standard InChI is InChI=1S/C27H32N2O3S/c1-16-4-5-20-18(8-16)22-19(23(30)29-20)9-21(33-22)24(31)28-6-7-32-27-12-17-10-25(2,14-27)13-26(3,11-17)15-27/h4-5,8-9,17H,6-7,10-15H2,1-3H3,(H,28,31)(H,29,30). The van der Waals surface area contributed by atoms with Crippen LogP contribution < -0.4 is 10.9 Å². The number of carbonyl (C=O) groups excluding carboxylic acids is 1. The lowest BCUT2D eigenvalue weighted by atomic mass is 9.43. The van der Waals surface area contributed by atoms with Gasteiger partial charge in [0.2, 0.25) is 0 Å². The van der Waals surface area contributed by atoms with Crippen molar-refractivity contribution in [3.8, 4) is 0 Å². The lowest BCUT2D eigenvalue weighted by molar-refractivity contribution is -0.213. The molecule has 2 N–H and O–H groups in total. The predicted molar refractivity (Wildman–Crippen MR) is 133 cm³/mol. The predicted octanol–water partition coefficient (Wildman–Crippen LogP) is 5.55. The lowest BCUT2D eigenvalue weighted by Gasteiger charge is -2.65. The van der Waals surface area contributed by atoms with Gasteiger partial charge in [-0.25, -0.2) is 0 Å². The Labute approximate surface area is 197 Å². The second-order valence-corrected chi connectivity index (χ2v) is 12.8. The molecule has 5 nitrogen and oxygen atoms in total. The van der Waals surface area contributed by atoms with E-state index in [-0.39, 0.29) is 17.1 Å². The molecule has 33 heavy (non-hydrogen) atoms. The summed E-state index contributed by atoms with van der Waals surface area (Å²) in [5, 5.41) is 4.59. The van der Waals surface area contributed by atoms with E-state index in [2.05, 4.69) is 30.2 Å². The smallest absolute Gasteiger partial charge is 0.261 e. The number of nitrogens with one attached hydrogen (secondary N) is 2. The normalized spacial score (nSPS) is 32.6. The van der Waals surface area contributed by atoms with Gasteiger partial charge in [-0.05, 0) is 80.4 Å². The molecular weight excluding hydrogens is 432 g/mol. The molecule has 6 heteroatoms. The molecule has 2 unspecified atom stereocenters. The second kappa shape index (κ2) is 7.16. The van der Waals surface area contributed by atoms with Gasteiger partial charge < -0.3 is 15.0 Å². The number of aryl methyl sites for hydroxylation is 1. The van der Waals surface area contributed by atoms with Crippen LogP contribution in [0.4, 0.5) is 0 Å². The van der Waals surface area contributed by atoms with Gasteiger partial charge in [-0.2, -0.15) is 0 Å². The fourth-order valence-electron chi connectivity index (χ4n) is 8.04. The lowest BCUT2D eigenvalue weighted by Crippen LogP contribution is -2.59. The average molecular weight is 465 g/mol. The molecule has 3 aromatic rings. The first-order chi connectivity index (χ1) is 15.6. The molecule has 0 saturated heterocycles. The topological polar surface area (TPSA) is 71.2 Å². The third kappa shape index (κ3) is 3.62. The first-order valence-electron chi connectivity index (χ1n) is 12.1. The minimum Gasteiger partial charge on any atom is -0.373 e. The second-order valence-electron chi connectivity index (χ2n) is 11.8. The Balaban J connectivity index is 1.15. The van der Waals surface area contributed by atoms with Crippen LogP contribution in [0.1, 0.15) is 67.6 Å². The number of rotatable bonds is 5. The molecule has 4 fully saturated rings. The summed E-state index contributed by atoms with van der Waals surface area (Å²) in [6, 6.07) is 7.69. The van der Waals surface area contributed by atoms with Crippen LogP contribution in [0.5, 0.6) is 0 Å². The number of benzene rings is 1. The first kappa shape index (κ1) is 21.4. The number of aromatic amines is 1. The fraction of sp³-hybridized carbons (Fsp3) is 0.556. The number of ether oxygens (including phenoxy) is 1. The van der Waals surface area contributed by atoms with Crippen LogP contribution in [0.25, 0.3) is 21.0 Å². The Hall–Kier alpha value is -2.18. The van der Waals surface area contributed by atoms with Crippen molar-refractivity contribution in [2.45, 2.75) is 64.9 Å². The molecule has 7 rings (SSSR count). The number of pyridine rings is 1. The quantitative estimate of drug-likeness (QED) is 0.487. The van der Waals surface area contributed by atoms with E-state index < -0.39 is 0 Å². The van der Waals surface area contributed by atoms with Gasteiger partial charge in [-0.15, -0.1) is 11.3 Å². The van der Waals surface area contributed by atoms with Crippen molar-refractivity contribution in [3.63, 3.8) is 0 Å². The van der Waals surface area contributed by atoms with Crippen molar-refractivity contribution in [2.75, 3.05) is 13.2 Å². The van der Waals surface area contributed by atoms with Crippen molar-refractivity contribution in [1.29, 1.82) is 0 Å². The van der Waals surface area contributed by atoms with E-state index in [9.17, 15) is 9.59 Å². The van der Waals surface area contributed by atoms with E-state index in [0.29, 0.717) is 34.2 Å². The number of carbonyl (C=O) groups is 1. The highest BCUT2D eigenvalue weighted by atomic mass is 32.1. The number of H-pyrrole nitrogens is 1. The summed E-state index contributed by atoms with van der Waals surface area (Å²) < 4.78 is 7.41. The van der Waals surface area contributed by atoms with E-state index in [1.54, 1.807) is 6.07 Å². The van der Waals surface area contributed by atoms with E-state index in [1.165, 1.54) is 37.0 Å². The summed E-state index contributed by atoms with van der Waals surface area (Å²) >= 11 is 1.39. The molecule has 0 spiro atoms. The Kier molecular flexibility index (Phi) is 4.63. The van der Waals surface area contributed by atoms with E-state index >= 15 is 0 Å². The van der Waals surface area contributed by atoms with Gasteiger partial charge in [0.05, 0.1) is 22.5 Å². The Morgan fingerprint density at radius 1 is 1.12 bits per heavy atom. The zero-order valence-electron chi connectivity index (χ0n) is 19.7. The monoisotopic (exact) mass is 464 g/mol. The number of amides is 1. The van der Waals surface area contributed by atoms with Gasteiger partial charge in [0.25, 0.3) is 11.5 Å². The first-order valence-corrected chi connectivity index (χ1v) is 13.0. The minimum absolute atomic E-state index is 0.00464.